The second kappa shape index (κ2) is 6.04. The molecule has 1 unspecified atom stereocenters. The van der Waals surface area contributed by atoms with Gasteiger partial charge in [-0.05, 0) is 19.8 Å². The maximum Gasteiger partial charge on any atom is 0.227 e. The van der Waals surface area contributed by atoms with Gasteiger partial charge in [-0.3, -0.25) is 4.79 Å². The third-order valence-corrected chi connectivity index (χ3v) is 3.65. The van der Waals surface area contributed by atoms with E-state index in [4.69, 9.17) is 5.73 Å². The van der Waals surface area contributed by atoms with Crippen molar-refractivity contribution >= 4 is 5.91 Å². The van der Waals surface area contributed by atoms with Crippen molar-refractivity contribution in [2.45, 2.75) is 51.5 Å². The van der Waals surface area contributed by atoms with Gasteiger partial charge in [-0.2, -0.15) is 0 Å². The molecule has 0 aliphatic heterocycles. The number of nitrogens with one attached hydrogen (secondary N) is 1. The van der Waals surface area contributed by atoms with Gasteiger partial charge in [0.1, 0.15) is 0 Å². The van der Waals surface area contributed by atoms with Crippen LogP contribution in [0.15, 0.2) is 12.7 Å². The Kier molecular flexibility index (Phi) is 5.00. The average Bonchev–Trinajstić information content (AvgIpc) is 2.54. The first-order valence-corrected chi connectivity index (χ1v) is 6.28. The number of rotatable bonds is 4. The Labute approximate surface area is 98.5 Å². The van der Waals surface area contributed by atoms with Crippen molar-refractivity contribution in [1.29, 1.82) is 0 Å². The molecule has 1 atom stereocenters. The lowest BCUT2D eigenvalue weighted by atomic mass is 9.79. The van der Waals surface area contributed by atoms with Crippen LogP contribution in [0.1, 0.15) is 45.4 Å². The Hall–Kier alpha value is -0.830. The Bertz CT molecular complexity index is 242. The summed E-state index contributed by atoms with van der Waals surface area (Å²) >= 11 is 0. The molecule has 1 amide bonds. The van der Waals surface area contributed by atoms with E-state index in [9.17, 15) is 4.79 Å². The zero-order valence-corrected chi connectivity index (χ0v) is 10.3. The lowest BCUT2D eigenvalue weighted by Crippen LogP contribution is -2.48. The van der Waals surface area contributed by atoms with E-state index in [0.717, 1.165) is 25.7 Å². The number of carbonyl (C=O) groups is 1. The van der Waals surface area contributed by atoms with Gasteiger partial charge in [0.2, 0.25) is 5.91 Å². The zero-order valence-electron chi connectivity index (χ0n) is 10.3. The molecule has 0 bridgehead atoms. The first-order valence-electron chi connectivity index (χ1n) is 6.28. The van der Waals surface area contributed by atoms with Crippen molar-refractivity contribution in [3.05, 3.63) is 12.7 Å². The summed E-state index contributed by atoms with van der Waals surface area (Å²) in [4.78, 5) is 12.2. The zero-order chi connectivity index (χ0) is 12.0. The summed E-state index contributed by atoms with van der Waals surface area (Å²) in [6, 6.07) is 0.0270. The van der Waals surface area contributed by atoms with Crippen molar-refractivity contribution < 1.29 is 4.79 Å². The number of hydrogen-bond donors (Lipinski definition) is 2. The van der Waals surface area contributed by atoms with Gasteiger partial charge < -0.3 is 11.1 Å². The van der Waals surface area contributed by atoms with Crippen molar-refractivity contribution in [2.75, 3.05) is 6.54 Å². The lowest BCUT2D eigenvalue weighted by Gasteiger charge is -2.30. The molecule has 1 fully saturated rings. The summed E-state index contributed by atoms with van der Waals surface area (Å²) in [6.45, 7) is 6.08. The van der Waals surface area contributed by atoms with E-state index in [-0.39, 0.29) is 17.4 Å². The monoisotopic (exact) mass is 224 g/mol. The van der Waals surface area contributed by atoms with E-state index in [1.165, 1.54) is 12.8 Å². The predicted octanol–water partition coefficient (Wildman–Crippen LogP) is 1.98. The quantitative estimate of drug-likeness (QED) is 0.566. The Morgan fingerprint density at radius 2 is 2.00 bits per heavy atom. The third kappa shape index (κ3) is 3.08. The van der Waals surface area contributed by atoms with Crippen molar-refractivity contribution in [2.24, 2.45) is 11.1 Å². The number of hydrogen-bond acceptors (Lipinski definition) is 2. The molecule has 0 spiro atoms. The molecule has 1 saturated carbocycles. The molecular formula is C13H24N2O. The molecule has 3 heteroatoms. The lowest BCUT2D eigenvalue weighted by molar-refractivity contribution is -0.131. The first-order chi connectivity index (χ1) is 7.64. The van der Waals surface area contributed by atoms with E-state index in [1.807, 2.05) is 6.92 Å². The fraction of sp³-hybridized carbons (Fsp3) is 0.769. The minimum Gasteiger partial charge on any atom is -0.350 e. The van der Waals surface area contributed by atoms with Gasteiger partial charge in [-0.1, -0.05) is 31.8 Å². The van der Waals surface area contributed by atoms with Gasteiger partial charge in [0, 0.05) is 12.6 Å². The minimum atomic E-state index is -0.326. The molecule has 16 heavy (non-hydrogen) atoms. The SMILES string of the molecule is C=CC(C)NC(=O)C1(CN)CCCCCC1. The fourth-order valence-corrected chi connectivity index (χ4v) is 2.35. The fourth-order valence-electron chi connectivity index (χ4n) is 2.35. The largest absolute Gasteiger partial charge is 0.350 e. The Balaban J connectivity index is 2.69. The smallest absolute Gasteiger partial charge is 0.227 e. The molecule has 1 aliphatic rings. The second-order valence-electron chi connectivity index (χ2n) is 4.90. The molecule has 0 saturated heterocycles. The predicted molar refractivity (Wildman–Crippen MR) is 67.0 cm³/mol. The molecule has 92 valence electrons. The van der Waals surface area contributed by atoms with Crippen molar-refractivity contribution in [3.8, 4) is 0 Å². The summed E-state index contributed by atoms with van der Waals surface area (Å²) in [5.41, 5.74) is 5.51. The van der Waals surface area contributed by atoms with Crippen LogP contribution in [0, 0.1) is 5.41 Å². The van der Waals surface area contributed by atoms with Crippen LogP contribution in [-0.2, 0) is 4.79 Å². The van der Waals surface area contributed by atoms with Gasteiger partial charge >= 0.3 is 0 Å². The molecule has 0 aromatic rings. The number of nitrogens with two attached hydrogens (primary N) is 1. The minimum absolute atomic E-state index is 0.0270. The van der Waals surface area contributed by atoms with Crippen LogP contribution in [0.5, 0.6) is 0 Å². The first kappa shape index (κ1) is 13.2. The van der Waals surface area contributed by atoms with E-state index in [1.54, 1.807) is 6.08 Å². The summed E-state index contributed by atoms with van der Waals surface area (Å²) in [6.07, 6.45) is 8.30. The van der Waals surface area contributed by atoms with Crippen LogP contribution >= 0.6 is 0 Å². The van der Waals surface area contributed by atoms with E-state index in [2.05, 4.69) is 11.9 Å². The highest BCUT2D eigenvalue weighted by atomic mass is 16.2. The molecule has 3 nitrogen and oxygen atoms in total. The normalized spacial score (nSPS) is 21.9. The Morgan fingerprint density at radius 1 is 1.44 bits per heavy atom. The maximum atomic E-state index is 12.2. The van der Waals surface area contributed by atoms with Crippen LogP contribution in [0.3, 0.4) is 0 Å². The molecule has 0 aromatic heterocycles. The van der Waals surface area contributed by atoms with Crippen LogP contribution in [-0.4, -0.2) is 18.5 Å². The van der Waals surface area contributed by atoms with E-state index < -0.39 is 0 Å². The summed E-state index contributed by atoms with van der Waals surface area (Å²) in [7, 11) is 0. The number of carbonyl (C=O) groups excluding carboxylic acids is 1. The standard InChI is InChI=1S/C13H24N2O/c1-3-11(2)15-12(16)13(10-14)8-6-4-5-7-9-13/h3,11H,1,4-10,14H2,2H3,(H,15,16). The van der Waals surface area contributed by atoms with Gasteiger partial charge in [-0.25, -0.2) is 0 Å². The maximum absolute atomic E-state index is 12.2. The highest BCUT2D eigenvalue weighted by Gasteiger charge is 2.37. The molecule has 0 aromatic carbocycles. The molecule has 3 N–H and O–H groups in total. The van der Waals surface area contributed by atoms with Crippen molar-refractivity contribution in [3.63, 3.8) is 0 Å². The van der Waals surface area contributed by atoms with Crippen LogP contribution in [0.4, 0.5) is 0 Å². The van der Waals surface area contributed by atoms with E-state index >= 15 is 0 Å². The highest BCUT2D eigenvalue weighted by Crippen LogP contribution is 2.34. The topological polar surface area (TPSA) is 55.1 Å². The second-order valence-corrected chi connectivity index (χ2v) is 4.90. The summed E-state index contributed by atoms with van der Waals surface area (Å²) in [5, 5.41) is 2.98. The van der Waals surface area contributed by atoms with Crippen LogP contribution in [0.2, 0.25) is 0 Å². The molecule has 1 aliphatic carbocycles. The molecule has 1 rings (SSSR count). The molecular weight excluding hydrogens is 200 g/mol. The van der Waals surface area contributed by atoms with E-state index in [0.29, 0.717) is 6.54 Å². The average molecular weight is 224 g/mol. The third-order valence-electron chi connectivity index (χ3n) is 3.65. The summed E-state index contributed by atoms with van der Waals surface area (Å²) < 4.78 is 0. The Morgan fingerprint density at radius 3 is 2.44 bits per heavy atom. The van der Waals surface area contributed by atoms with Crippen molar-refractivity contribution in [1.82, 2.24) is 5.32 Å². The summed E-state index contributed by atoms with van der Waals surface area (Å²) in [5.74, 6) is 0.115. The highest BCUT2D eigenvalue weighted by molar-refractivity contribution is 5.83. The van der Waals surface area contributed by atoms with Gasteiger partial charge in [0.05, 0.1) is 5.41 Å². The van der Waals surface area contributed by atoms with Gasteiger partial charge in [0.15, 0.2) is 0 Å². The number of amides is 1. The van der Waals surface area contributed by atoms with Gasteiger partial charge in [-0.15, -0.1) is 6.58 Å². The molecule has 0 heterocycles. The van der Waals surface area contributed by atoms with Crippen LogP contribution < -0.4 is 11.1 Å². The van der Waals surface area contributed by atoms with Crippen LogP contribution in [0.25, 0.3) is 0 Å². The van der Waals surface area contributed by atoms with Gasteiger partial charge in [0.25, 0.3) is 0 Å². The molecule has 0 radical (unpaired) electrons.